The molecule has 0 atom stereocenters. The summed E-state index contributed by atoms with van der Waals surface area (Å²) in [5.41, 5.74) is 3.43. The molecule has 140 valence electrons. The summed E-state index contributed by atoms with van der Waals surface area (Å²) < 4.78 is 5.38. The van der Waals surface area contributed by atoms with E-state index in [-0.39, 0.29) is 24.9 Å². The lowest BCUT2D eigenvalue weighted by Gasteiger charge is -2.34. The highest BCUT2D eigenvalue weighted by molar-refractivity contribution is 5.86. The van der Waals surface area contributed by atoms with Gasteiger partial charge in [0, 0.05) is 49.3 Å². The van der Waals surface area contributed by atoms with Gasteiger partial charge in [-0.25, -0.2) is 0 Å². The maximum atomic E-state index is 12.8. The number of para-hydroxylation sites is 1. The van der Waals surface area contributed by atoms with E-state index in [0.29, 0.717) is 26.1 Å². The van der Waals surface area contributed by atoms with Gasteiger partial charge < -0.3 is 19.7 Å². The molecule has 2 heterocycles. The van der Waals surface area contributed by atoms with E-state index in [1.54, 1.807) is 4.90 Å². The monoisotopic (exact) mass is 358 g/mol. The molecule has 1 aliphatic heterocycles. The minimum Gasteiger partial charge on any atom is -0.481 e. The Balaban J connectivity index is 1.67. The van der Waals surface area contributed by atoms with E-state index in [4.69, 9.17) is 9.84 Å². The predicted molar refractivity (Wildman–Crippen MR) is 99.2 cm³/mol. The Kier molecular flexibility index (Phi) is 5.93. The summed E-state index contributed by atoms with van der Waals surface area (Å²) in [6, 6.07) is 6.24. The Hall–Kier alpha value is -2.34. The number of ether oxygens (including phenoxy) is 1. The molecule has 6 nitrogen and oxygen atoms in total. The van der Waals surface area contributed by atoms with Crippen LogP contribution in [-0.4, -0.2) is 52.7 Å². The normalized spacial score (nSPS) is 15.3. The number of hydrogen-bond acceptors (Lipinski definition) is 3. The fourth-order valence-electron chi connectivity index (χ4n) is 3.68. The number of rotatable bonds is 7. The van der Waals surface area contributed by atoms with E-state index >= 15 is 0 Å². The first-order valence-corrected chi connectivity index (χ1v) is 9.21. The Bertz CT molecular complexity index is 777. The molecule has 1 saturated heterocycles. The van der Waals surface area contributed by atoms with Crippen molar-refractivity contribution >= 4 is 22.8 Å². The highest BCUT2D eigenvalue weighted by atomic mass is 16.5. The van der Waals surface area contributed by atoms with Crippen LogP contribution in [0.2, 0.25) is 0 Å². The average Bonchev–Trinajstić information content (AvgIpc) is 3.05. The maximum Gasteiger partial charge on any atom is 0.305 e. The van der Waals surface area contributed by atoms with Gasteiger partial charge in [0.15, 0.2) is 0 Å². The Morgan fingerprint density at radius 2 is 2.04 bits per heavy atom. The summed E-state index contributed by atoms with van der Waals surface area (Å²) >= 11 is 0. The molecular formula is C20H26N2O4. The van der Waals surface area contributed by atoms with Gasteiger partial charge in [-0.1, -0.05) is 18.2 Å². The Labute approximate surface area is 153 Å². The Morgan fingerprint density at radius 1 is 1.27 bits per heavy atom. The fraction of sp³-hybridized carbons (Fsp3) is 0.500. The van der Waals surface area contributed by atoms with E-state index in [1.807, 2.05) is 12.3 Å². The zero-order valence-electron chi connectivity index (χ0n) is 15.2. The van der Waals surface area contributed by atoms with Crippen molar-refractivity contribution in [3.05, 3.63) is 35.5 Å². The third-order valence-corrected chi connectivity index (χ3v) is 5.14. The standard InChI is InChI=1S/C20H26N2O4/c1-14-3-2-4-17-15(13-21-20(14)17)5-6-18(23)22(10-7-19(24)25)16-8-11-26-12-9-16/h2-4,13,16,21H,5-12H2,1H3,(H,24,25). The molecule has 0 saturated carbocycles. The van der Waals surface area contributed by atoms with Gasteiger partial charge >= 0.3 is 5.97 Å². The number of H-pyrrole nitrogens is 1. The van der Waals surface area contributed by atoms with Crippen LogP contribution in [0.25, 0.3) is 10.9 Å². The summed E-state index contributed by atoms with van der Waals surface area (Å²) in [7, 11) is 0. The number of carbonyl (C=O) groups excluding carboxylic acids is 1. The summed E-state index contributed by atoms with van der Waals surface area (Å²) in [6.45, 7) is 3.59. The van der Waals surface area contributed by atoms with Crippen molar-refractivity contribution in [3.63, 3.8) is 0 Å². The second-order valence-corrected chi connectivity index (χ2v) is 6.89. The third-order valence-electron chi connectivity index (χ3n) is 5.14. The molecule has 0 aliphatic carbocycles. The number of carbonyl (C=O) groups is 2. The molecule has 0 spiro atoms. The molecule has 3 rings (SSSR count). The molecule has 2 aromatic rings. The number of aryl methyl sites for hydroxylation is 2. The first-order valence-electron chi connectivity index (χ1n) is 9.21. The molecule has 1 aromatic heterocycles. The number of hydrogen-bond donors (Lipinski definition) is 2. The summed E-state index contributed by atoms with van der Waals surface area (Å²) in [5.74, 6) is -0.845. The van der Waals surface area contributed by atoms with Crippen LogP contribution in [0, 0.1) is 6.92 Å². The van der Waals surface area contributed by atoms with Gasteiger partial charge in [-0.15, -0.1) is 0 Å². The van der Waals surface area contributed by atoms with E-state index in [0.717, 1.165) is 29.3 Å². The minimum absolute atomic E-state index is 0.0185. The van der Waals surface area contributed by atoms with Gasteiger partial charge in [0.05, 0.1) is 6.42 Å². The molecule has 2 N–H and O–H groups in total. The van der Waals surface area contributed by atoms with Crippen molar-refractivity contribution in [3.8, 4) is 0 Å². The lowest BCUT2D eigenvalue weighted by Crippen LogP contribution is -2.44. The Morgan fingerprint density at radius 3 is 2.77 bits per heavy atom. The zero-order valence-corrected chi connectivity index (χ0v) is 15.2. The number of nitrogens with zero attached hydrogens (tertiary/aromatic N) is 1. The second kappa shape index (κ2) is 8.36. The highest BCUT2D eigenvalue weighted by Gasteiger charge is 2.26. The quantitative estimate of drug-likeness (QED) is 0.797. The molecule has 0 radical (unpaired) electrons. The number of carboxylic acids is 1. The van der Waals surface area contributed by atoms with Crippen LogP contribution < -0.4 is 0 Å². The van der Waals surface area contributed by atoms with Crippen LogP contribution in [0.4, 0.5) is 0 Å². The van der Waals surface area contributed by atoms with Crippen molar-refractivity contribution in [2.75, 3.05) is 19.8 Å². The van der Waals surface area contributed by atoms with Crippen LogP contribution in [0.15, 0.2) is 24.4 Å². The maximum absolute atomic E-state index is 12.8. The molecule has 0 unspecified atom stereocenters. The van der Waals surface area contributed by atoms with Gasteiger partial charge in [0.25, 0.3) is 0 Å². The number of fused-ring (bicyclic) bond motifs is 1. The van der Waals surface area contributed by atoms with Crippen molar-refractivity contribution in [2.45, 2.75) is 45.1 Å². The first-order chi connectivity index (χ1) is 12.6. The predicted octanol–water partition coefficient (Wildman–Crippen LogP) is 2.89. The second-order valence-electron chi connectivity index (χ2n) is 6.89. The number of carboxylic acid groups (broad SMARTS) is 1. The van der Waals surface area contributed by atoms with Crippen molar-refractivity contribution in [1.82, 2.24) is 9.88 Å². The summed E-state index contributed by atoms with van der Waals surface area (Å²) in [6.07, 6.45) is 4.54. The molecule has 0 bridgehead atoms. The lowest BCUT2D eigenvalue weighted by atomic mass is 10.0. The molecule has 1 amide bonds. The zero-order chi connectivity index (χ0) is 18.5. The molecule has 1 fully saturated rings. The molecule has 1 aliphatic rings. The van der Waals surface area contributed by atoms with E-state index in [2.05, 4.69) is 24.0 Å². The van der Waals surface area contributed by atoms with E-state index in [1.165, 1.54) is 5.56 Å². The van der Waals surface area contributed by atoms with Crippen LogP contribution in [0.1, 0.15) is 36.8 Å². The summed E-state index contributed by atoms with van der Waals surface area (Å²) in [4.78, 5) is 28.9. The molecular weight excluding hydrogens is 332 g/mol. The van der Waals surface area contributed by atoms with Crippen LogP contribution in [0.3, 0.4) is 0 Å². The number of aromatic nitrogens is 1. The van der Waals surface area contributed by atoms with E-state index < -0.39 is 5.97 Å². The third kappa shape index (κ3) is 4.25. The van der Waals surface area contributed by atoms with Gasteiger partial charge in [0.1, 0.15) is 0 Å². The van der Waals surface area contributed by atoms with Crippen molar-refractivity contribution in [2.24, 2.45) is 0 Å². The van der Waals surface area contributed by atoms with Crippen LogP contribution in [-0.2, 0) is 20.7 Å². The summed E-state index contributed by atoms with van der Waals surface area (Å²) in [5, 5.41) is 10.2. The smallest absolute Gasteiger partial charge is 0.305 e. The fourth-order valence-corrected chi connectivity index (χ4v) is 3.68. The molecule has 1 aromatic carbocycles. The van der Waals surface area contributed by atoms with Gasteiger partial charge in [0.2, 0.25) is 5.91 Å². The minimum atomic E-state index is -0.873. The van der Waals surface area contributed by atoms with Gasteiger partial charge in [-0.3, -0.25) is 9.59 Å². The number of aromatic amines is 1. The van der Waals surface area contributed by atoms with Crippen LogP contribution >= 0.6 is 0 Å². The topological polar surface area (TPSA) is 82.6 Å². The van der Waals surface area contributed by atoms with Gasteiger partial charge in [-0.2, -0.15) is 0 Å². The average molecular weight is 358 g/mol. The number of aliphatic carboxylic acids is 1. The first kappa shape index (κ1) is 18.5. The van der Waals surface area contributed by atoms with Gasteiger partial charge in [-0.05, 0) is 37.3 Å². The largest absolute Gasteiger partial charge is 0.481 e. The van der Waals surface area contributed by atoms with E-state index in [9.17, 15) is 9.59 Å². The molecule has 6 heteroatoms. The van der Waals surface area contributed by atoms with Crippen LogP contribution in [0.5, 0.6) is 0 Å². The van der Waals surface area contributed by atoms with Crippen molar-refractivity contribution < 1.29 is 19.4 Å². The number of benzene rings is 1. The highest BCUT2D eigenvalue weighted by Crippen LogP contribution is 2.23. The van der Waals surface area contributed by atoms with Crippen molar-refractivity contribution in [1.29, 1.82) is 0 Å². The molecule has 26 heavy (non-hydrogen) atoms. The number of amides is 1. The lowest BCUT2D eigenvalue weighted by molar-refractivity contribution is -0.140. The number of nitrogens with one attached hydrogen (secondary N) is 1. The SMILES string of the molecule is Cc1cccc2c(CCC(=O)N(CCC(=O)O)C3CCOCC3)c[nH]c12.